The molecule has 28 heavy (non-hydrogen) atoms. The number of aromatic nitrogens is 1. The third-order valence-electron chi connectivity index (χ3n) is 3.49. The molecule has 0 unspecified atom stereocenters. The minimum absolute atomic E-state index is 0.134. The number of esters is 1. The van der Waals surface area contributed by atoms with E-state index in [1.165, 1.54) is 42.8 Å². The van der Waals surface area contributed by atoms with Crippen LogP contribution in [0.1, 0.15) is 20.9 Å². The van der Waals surface area contributed by atoms with Gasteiger partial charge in [0.2, 0.25) is 0 Å². The summed E-state index contributed by atoms with van der Waals surface area (Å²) in [6.45, 7) is -0.485. The Kier molecular flexibility index (Phi) is 6.03. The van der Waals surface area contributed by atoms with Crippen LogP contribution in [0.25, 0.3) is 0 Å². The van der Waals surface area contributed by atoms with Gasteiger partial charge >= 0.3 is 5.97 Å². The second-order valence-corrected chi connectivity index (χ2v) is 5.83. The van der Waals surface area contributed by atoms with Gasteiger partial charge in [0.05, 0.1) is 17.5 Å². The first kappa shape index (κ1) is 19.1. The molecule has 0 spiro atoms. The normalized spacial score (nSPS) is 10.2. The summed E-state index contributed by atoms with van der Waals surface area (Å²) < 4.78 is 9.96. The van der Waals surface area contributed by atoms with E-state index in [9.17, 15) is 14.4 Å². The molecule has 9 heteroatoms. The molecule has 0 radical (unpaired) electrons. The molecule has 1 aromatic carbocycles. The molecule has 8 nitrogen and oxygen atoms in total. The summed E-state index contributed by atoms with van der Waals surface area (Å²) in [4.78, 5) is 39.6. The Labute approximate surface area is 164 Å². The first-order chi connectivity index (χ1) is 13.5. The molecule has 0 aliphatic heterocycles. The molecule has 0 saturated heterocycles. The summed E-state index contributed by atoms with van der Waals surface area (Å²) in [6.07, 6.45) is 2.88. The number of amides is 2. The van der Waals surface area contributed by atoms with Crippen molar-refractivity contribution < 1.29 is 23.5 Å². The number of nitrogens with zero attached hydrogens (tertiary/aromatic N) is 1. The van der Waals surface area contributed by atoms with Crippen molar-refractivity contribution in [1.82, 2.24) is 4.98 Å². The van der Waals surface area contributed by atoms with Gasteiger partial charge in [-0.25, -0.2) is 9.78 Å². The Bertz CT molecular complexity index is 987. The van der Waals surface area contributed by atoms with Crippen molar-refractivity contribution in [2.24, 2.45) is 0 Å². The van der Waals surface area contributed by atoms with Crippen LogP contribution in [0, 0.1) is 0 Å². The van der Waals surface area contributed by atoms with Gasteiger partial charge in [0.1, 0.15) is 0 Å². The lowest BCUT2D eigenvalue weighted by molar-refractivity contribution is -0.119. The highest BCUT2D eigenvalue weighted by molar-refractivity contribution is 6.32. The summed E-state index contributed by atoms with van der Waals surface area (Å²) in [6, 6.07) is 12.3. The summed E-state index contributed by atoms with van der Waals surface area (Å²) in [7, 11) is 0. The van der Waals surface area contributed by atoms with Crippen molar-refractivity contribution in [3.05, 3.63) is 77.5 Å². The minimum Gasteiger partial charge on any atom is -0.459 e. The van der Waals surface area contributed by atoms with Crippen molar-refractivity contribution >= 4 is 40.8 Å². The van der Waals surface area contributed by atoms with Crippen molar-refractivity contribution in [1.29, 1.82) is 0 Å². The molecule has 0 atom stereocenters. The maximum Gasteiger partial charge on any atom is 0.338 e. The summed E-state index contributed by atoms with van der Waals surface area (Å²) in [5, 5.41) is 5.25. The molecule has 0 fully saturated rings. The van der Waals surface area contributed by atoms with Crippen molar-refractivity contribution in [3.63, 3.8) is 0 Å². The van der Waals surface area contributed by atoms with E-state index in [2.05, 4.69) is 15.6 Å². The predicted octanol–water partition coefficient (Wildman–Crippen LogP) is 3.38. The number of furan rings is 1. The van der Waals surface area contributed by atoms with Gasteiger partial charge < -0.3 is 19.8 Å². The molecular weight excluding hydrogens is 386 g/mol. The molecule has 2 N–H and O–H groups in total. The van der Waals surface area contributed by atoms with Gasteiger partial charge in [-0.15, -0.1) is 0 Å². The molecule has 142 valence electrons. The third-order valence-corrected chi connectivity index (χ3v) is 3.79. The van der Waals surface area contributed by atoms with Gasteiger partial charge in [0.25, 0.3) is 11.8 Å². The quantitative estimate of drug-likeness (QED) is 0.485. The number of pyridine rings is 1. The molecule has 0 aliphatic rings. The SMILES string of the molecule is O=C(COC(=O)c1ccc(NC(=O)c2ccco2)cc1)Nc1cccnc1Cl. The van der Waals surface area contributed by atoms with E-state index in [-0.39, 0.29) is 16.5 Å². The fraction of sp³-hybridized carbons (Fsp3) is 0.0526. The Morgan fingerprint density at radius 3 is 2.50 bits per heavy atom. The van der Waals surface area contributed by atoms with Crippen LogP contribution in [0.5, 0.6) is 0 Å². The van der Waals surface area contributed by atoms with Crippen LogP contribution >= 0.6 is 11.6 Å². The maximum absolute atomic E-state index is 12.0. The predicted molar refractivity (Wildman–Crippen MR) is 101 cm³/mol. The lowest BCUT2D eigenvalue weighted by Crippen LogP contribution is -2.21. The van der Waals surface area contributed by atoms with Crippen LogP contribution in [-0.2, 0) is 9.53 Å². The number of carbonyl (C=O) groups is 3. The van der Waals surface area contributed by atoms with Gasteiger partial charge in [-0.3, -0.25) is 9.59 Å². The fourth-order valence-electron chi connectivity index (χ4n) is 2.17. The lowest BCUT2D eigenvalue weighted by Gasteiger charge is -2.08. The highest BCUT2D eigenvalue weighted by Crippen LogP contribution is 2.17. The van der Waals surface area contributed by atoms with Crippen LogP contribution in [0.15, 0.2) is 65.4 Å². The molecule has 0 bridgehead atoms. The molecule has 3 rings (SSSR count). The standard InChI is InChI=1S/C19H14ClN3O5/c20-17-14(3-1-9-21-17)23-16(24)11-28-19(26)12-5-7-13(8-6-12)22-18(25)15-4-2-10-27-15/h1-10H,11H2,(H,22,25)(H,23,24). The number of nitrogens with one attached hydrogen (secondary N) is 2. The van der Waals surface area contributed by atoms with Gasteiger partial charge in [-0.2, -0.15) is 0 Å². The van der Waals surface area contributed by atoms with Crippen LogP contribution in [0.2, 0.25) is 5.15 Å². The summed E-state index contributed by atoms with van der Waals surface area (Å²) in [5.41, 5.74) is 1.02. The number of rotatable bonds is 6. The Morgan fingerprint density at radius 1 is 1.04 bits per heavy atom. The second kappa shape index (κ2) is 8.83. The topological polar surface area (TPSA) is 111 Å². The molecule has 2 aromatic heterocycles. The van der Waals surface area contributed by atoms with E-state index < -0.39 is 24.4 Å². The molecule has 2 heterocycles. The van der Waals surface area contributed by atoms with Gasteiger partial charge in [-0.1, -0.05) is 11.6 Å². The fourth-order valence-corrected chi connectivity index (χ4v) is 2.34. The molecular formula is C19H14ClN3O5. The number of hydrogen-bond acceptors (Lipinski definition) is 6. The van der Waals surface area contributed by atoms with Crippen molar-refractivity contribution in [2.75, 3.05) is 17.2 Å². The number of halogens is 1. The zero-order chi connectivity index (χ0) is 19.9. The zero-order valence-corrected chi connectivity index (χ0v) is 15.1. The van der Waals surface area contributed by atoms with Crippen LogP contribution < -0.4 is 10.6 Å². The molecule has 0 aliphatic carbocycles. The molecule has 2 amide bonds. The number of ether oxygens (including phenoxy) is 1. The van der Waals surface area contributed by atoms with E-state index in [1.807, 2.05) is 0 Å². The Balaban J connectivity index is 1.51. The number of benzene rings is 1. The smallest absolute Gasteiger partial charge is 0.338 e. The van der Waals surface area contributed by atoms with Crippen molar-refractivity contribution in [2.45, 2.75) is 0 Å². The lowest BCUT2D eigenvalue weighted by atomic mass is 10.2. The largest absolute Gasteiger partial charge is 0.459 e. The molecule has 3 aromatic rings. The van der Waals surface area contributed by atoms with Crippen LogP contribution in [-0.4, -0.2) is 29.4 Å². The highest BCUT2D eigenvalue weighted by Gasteiger charge is 2.13. The average molecular weight is 400 g/mol. The zero-order valence-electron chi connectivity index (χ0n) is 14.3. The first-order valence-electron chi connectivity index (χ1n) is 8.05. The van der Waals surface area contributed by atoms with Gasteiger partial charge in [0.15, 0.2) is 17.5 Å². The average Bonchev–Trinajstić information content (AvgIpc) is 3.23. The van der Waals surface area contributed by atoms with Crippen molar-refractivity contribution in [3.8, 4) is 0 Å². The van der Waals surface area contributed by atoms with Gasteiger partial charge in [0, 0.05) is 11.9 Å². The number of carbonyl (C=O) groups excluding carboxylic acids is 3. The maximum atomic E-state index is 12.0. The highest BCUT2D eigenvalue weighted by atomic mass is 35.5. The monoisotopic (exact) mass is 399 g/mol. The second-order valence-electron chi connectivity index (χ2n) is 5.47. The minimum atomic E-state index is -0.684. The molecule has 0 saturated carbocycles. The van der Waals surface area contributed by atoms with E-state index >= 15 is 0 Å². The van der Waals surface area contributed by atoms with Crippen LogP contribution in [0.3, 0.4) is 0 Å². The first-order valence-corrected chi connectivity index (χ1v) is 8.43. The van der Waals surface area contributed by atoms with E-state index in [0.29, 0.717) is 11.4 Å². The van der Waals surface area contributed by atoms with E-state index in [0.717, 1.165) is 0 Å². The Morgan fingerprint density at radius 2 is 1.82 bits per heavy atom. The summed E-state index contributed by atoms with van der Waals surface area (Å²) in [5.74, 6) is -1.48. The van der Waals surface area contributed by atoms with E-state index in [4.69, 9.17) is 20.8 Å². The van der Waals surface area contributed by atoms with Gasteiger partial charge in [-0.05, 0) is 48.5 Å². The van der Waals surface area contributed by atoms with E-state index in [1.54, 1.807) is 18.2 Å². The third kappa shape index (κ3) is 4.95. The summed E-state index contributed by atoms with van der Waals surface area (Å²) >= 11 is 5.84. The van der Waals surface area contributed by atoms with Crippen LogP contribution in [0.4, 0.5) is 11.4 Å². The number of anilines is 2. The number of hydrogen-bond donors (Lipinski definition) is 2. The Hall–Kier alpha value is -3.65.